The normalized spacial score (nSPS) is 15.3. The lowest BCUT2D eigenvalue weighted by Gasteiger charge is -2.38. The van der Waals surface area contributed by atoms with Crippen LogP contribution < -0.4 is 10.1 Å². The number of methoxy groups -OCH3 is 1. The van der Waals surface area contributed by atoms with Gasteiger partial charge in [-0.2, -0.15) is 0 Å². The number of likely N-dealkylation sites (tertiary alicyclic amines) is 1. The molecule has 4 aromatic rings. The summed E-state index contributed by atoms with van der Waals surface area (Å²) in [6.07, 6.45) is 9.22. The first kappa shape index (κ1) is 44.0. The van der Waals surface area contributed by atoms with E-state index in [2.05, 4.69) is 27.3 Å². The van der Waals surface area contributed by atoms with E-state index in [9.17, 15) is 19.5 Å². The summed E-state index contributed by atoms with van der Waals surface area (Å²) in [5.74, 6) is 0.219. The number of aromatic nitrogens is 2. The minimum absolute atomic E-state index is 0.144. The Labute approximate surface area is 343 Å². The first-order valence-electron chi connectivity index (χ1n) is 19.5. The molecule has 1 aliphatic rings. The number of aliphatic hydroxyl groups excluding tert-OH is 1. The fraction of sp³-hybridized carbons (Fsp3) is 0.364. The molecule has 2 heterocycles. The van der Waals surface area contributed by atoms with Gasteiger partial charge in [-0.1, -0.05) is 66.6 Å². The number of aliphatic hydroxyl groups is 1. The Hall–Kier alpha value is -6.09. The number of aryl methyl sites for hydroxylation is 1. The van der Waals surface area contributed by atoms with Crippen molar-refractivity contribution in [1.29, 1.82) is 0 Å². The highest BCUT2D eigenvalue weighted by atomic mass is 16.5. The highest BCUT2D eigenvalue weighted by Gasteiger charge is 2.33. The summed E-state index contributed by atoms with van der Waals surface area (Å²) in [4.78, 5) is 48.2. The number of nitrogens with zero attached hydrogens (tertiary/aromatic N) is 6. The summed E-state index contributed by atoms with van der Waals surface area (Å²) in [6.45, 7) is 7.09. The molecule has 5 rings (SSSR count). The second-order valence-corrected chi connectivity index (χ2v) is 14.0. The number of carbonyl (C=O) groups is 3. The van der Waals surface area contributed by atoms with Crippen LogP contribution in [-0.2, 0) is 23.8 Å². The van der Waals surface area contributed by atoms with Crippen molar-refractivity contribution < 1.29 is 38.4 Å². The van der Waals surface area contributed by atoms with E-state index in [0.717, 1.165) is 28.1 Å². The maximum Gasteiger partial charge on any atom is 0.250 e. The van der Waals surface area contributed by atoms with Crippen molar-refractivity contribution in [2.75, 3.05) is 73.0 Å². The van der Waals surface area contributed by atoms with Gasteiger partial charge in [0.25, 0.3) is 0 Å². The Bertz CT molecular complexity index is 2130. The molecule has 1 aromatic heterocycles. The van der Waals surface area contributed by atoms with E-state index in [1.165, 1.54) is 6.08 Å². The quantitative estimate of drug-likeness (QED) is 0.0243. The van der Waals surface area contributed by atoms with Gasteiger partial charge in [-0.3, -0.25) is 14.4 Å². The molecule has 0 saturated carbocycles. The number of nitrogens with one attached hydrogen (secondary N) is 1. The molecule has 15 heteroatoms. The predicted octanol–water partition coefficient (Wildman–Crippen LogP) is 5.90. The number of ketones is 1. The van der Waals surface area contributed by atoms with Crippen LogP contribution in [0.1, 0.15) is 57.7 Å². The van der Waals surface area contributed by atoms with Gasteiger partial charge in [-0.25, -0.2) is 4.98 Å². The molecule has 310 valence electrons. The fourth-order valence-electron chi connectivity index (χ4n) is 6.59. The van der Waals surface area contributed by atoms with Gasteiger partial charge in [-0.15, -0.1) is 0 Å². The number of azide groups is 1. The lowest BCUT2D eigenvalue weighted by atomic mass is 9.90. The van der Waals surface area contributed by atoms with Gasteiger partial charge >= 0.3 is 0 Å². The molecule has 15 nitrogen and oxygen atoms in total. The minimum Gasteiger partial charge on any atom is -0.495 e. The molecule has 2 amide bonds. The highest BCUT2D eigenvalue weighted by Crippen LogP contribution is 2.33. The smallest absolute Gasteiger partial charge is 0.250 e. The average molecular weight is 806 g/mol. The van der Waals surface area contributed by atoms with Crippen LogP contribution in [0.3, 0.4) is 0 Å². The van der Waals surface area contributed by atoms with Crippen LogP contribution in [0.25, 0.3) is 28.3 Å². The van der Waals surface area contributed by atoms with Crippen LogP contribution in [0, 0.1) is 12.8 Å². The maximum absolute atomic E-state index is 13.9. The van der Waals surface area contributed by atoms with E-state index in [-0.39, 0.29) is 36.7 Å². The molecule has 2 atom stereocenters. The number of carbonyl (C=O) groups excluding carboxylic acids is 3. The molecule has 3 aromatic carbocycles. The summed E-state index contributed by atoms with van der Waals surface area (Å²) < 4.78 is 23.6. The van der Waals surface area contributed by atoms with Gasteiger partial charge in [0, 0.05) is 53.5 Å². The van der Waals surface area contributed by atoms with Crippen molar-refractivity contribution in [3.63, 3.8) is 0 Å². The van der Waals surface area contributed by atoms with Gasteiger partial charge in [0.1, 0.15) is 5.75 Å². The van der Waals surface area contributed by atoms with E-state index in [4.69, 9.17) is 24.5 Å². The van der Waals surface area contributed by atoms with E-state index in [1.807, 2.05) is 42.0 Å². The van der Waals surface area contributed by atoms with Gasteiger partial charge in [0.2, 0.25) is 11.8 Å². The van der Waals surface area contributed by atoms with Crippen molar-refractivity contribution in [3.8, 4) is 11.4 Å². The first-order chi connectivity index (χ1) is 28.7. The van der Waals surface area contributed by atoms with Crippen LogP contribution in [-0.4, -0.2) is 110 Å². The molecule has 0 spiro atoms. The molecule has 59 heavy (non-hydrogen) atoms. The van der Waals surface area contributed by atoms with Gasteiger partial charge in [-0.05, 0) is 65.8 Å². The standard InChI is InChI=1S/C44H51N7O8/c1-31-24-38(25-34-6-14-39(41(26-34)56-3)50-28-32(2)47-30-50)44(55)51(27-31)40(29-52)35-10-12-37(13-11-35)43(54)36-8-4-33(5-9-36)7-15-42(53)46-16-18-57-20-22-59-23-21-58-19-17-48-49-45/h4-15,25-26,28,30-31,40,52H,16-24,27,29H2,1-3H3,(H,46,53)/b15-7+,38-25+/t31-,40-/m0/s1. The van der Waals surface area contributed by atoms with Crippen LogP contribution in [0.2, 0.25) is 0 Å². The summed E-state index contributed by atoms with van der Waals surface area (Å²) in [7, 11) is 1.61. The molecule has 1 fully saturated rings. The monoisotopic (exact) mass is 805 g/mol. The number of benzene rings is 3. The molecular formula is C44H51N7O8. The minimum atomic E-state index is -0.588. The van der Waals surface area contributed by atoms with Crippen molar-refractivity contribution in [3.05, 3.63) is 135 Å². The Kier molecular flexibility index (Phi) is 17.0. The molecule has 2 N–H and O–H groups in total. The zero-order valence-electron chi connectivity index (χ0n) is 33.7. The molecular weight excluding hydrogens is 755 g/mol. The van der Waals surface area contributed by atoms with E-state index in [1.54, 1.807) is 72.9 Å². The van der Waals surface area contributed by atoms with Crippen molar-refractivity contribution in [2.45, 2.75) is 26.3 Å². The lowest BCUT2D eigenvalue weighted by molar-refractivity contribution is -0.133. The number of hydrogen-bond donors (Lipinski definition) is 2. The average Bonchev–Trinajstić information content (AvgIpc) is 3.69. The third-order valence-electron chi connectivity index (χ3n) is 9.54. The molecule has 0 bridgehead atoms. The van der Waals surface area contributed by atoms with E-state index >= 15 is 0 Å². The van der Waals surface area contributed by atoms with Crippen LogP contribution >= 0.6 is 0 Å². The van der Waals surface area contributed by atoms with Gasteiger partial charge in [0.15, 0.2) is 5.78 Å². The second kappa shape index (κ2) is 22.7. The van der Waals surface area contributed by atoms with Crippen LogP contribution in [0.5, 0.6) is 5.75 Å². The topological polar surface area (TPSA) is 190 Å². The molecule has 0 unspecified atom stereocenters. The van der Waals surface area contributed by atoms with E-state index < -0.39 is 6.04 Å². The molecule has 0 radical (unpaired) electrons. The Balaban J connectivity index is 1.10. The van der Waals surface area contributed by atoms with E-state index in [0.29, 0.717) is 81.6 Å². The van der Waals surface area contributed by atoms with Crippen molar-refractivity contribution >= 4 is 29.7 Å². The first-order valence-corrected chi connectivity index (χ1v) is 19.5. The summed E-state index contributed by atoms with van der Waals surface area (Å²) in [5.41, 5.74) is 13.8. The molecule has 0 aliphatic carbocycles. The number of amides is 2. The highest BCUT2D eigenvalue weighted by molar-refractivity contribution is 6.09. The SMILES string of the molecule is COc1cc(/C=C2\C[C@H](C)CN([C@@H](CO)c3ccc(C(=O)c4ccc(/C=C/C(=O)NCCOCCOCCOCCN=[N+]=[N-])cc4)cc3)C2=O)ccc1-n1cnc(C)c1. The number of piperidine rings is 1. The zero-order chi connectivity index (χ0) is 42.0. The number of rotatable bonds is 22. The second-order valence-electron chi connectivity index (χ2n) is 14.0. The lowest BCUT2D eigenvalue weighted by Crippen LogP contribution is -2.44. The van der Waals surface area contributed by atoms with Crippen LogP contribution in [0.15, 0.2) is 96.0 Å². The molecule has 1 saturated heterocycles. The summed E-state index contributed by atoms with van der Waals surface area (Å²) in [5, 5.41) is 16.7. The number of ether oxygens (including phenoxy) is 4. The Morgan fingerprint density at radius 2 is 1.64 bits per heavy atom. The third-order valence-corrected chi connectivity index (χ3v) is 9.54. The number of hydrogen-bond acceptors (Lipinski definition) is 10. The zero-order valence-corrected chi connectivity index (χ0v) is 33.7. The maximum atomic E-state index is 13.9. The number of imidazole rings is 1. The van der Waals surface area contributed by atoms with Gasteiger partial charge < -0.3 is 38.8 Å². The Morgan fingerprint density at radius 1 is 0.983 bits per heavy atom. The van der Waals surface area contributed by atoms with Crippen molar-refractivity contribution in [2.24, 2.45) is 11.0 Å². The Morgan fingerprint density at radius 3 is 2.29 bits per heavy atom. The predicted molar refractivity (Wildman–Crippen MR) is 223 cm³/mol. The van der Waals surface area contributed by atoms with Crippen LogP contribution in [0.4, 0.5) is 0 Å². The van der Waals surface area contributed by atoms with Gasteiger partial charge in [0.05, 0.1) is 77.1 Å². The largest absolute Gasteiger partial charge is 0.495 e. The summed E-state index contributed by atoms with van der Waals surface area (Å²) >= 11 is 0. The fourth-order valence-corrected chi connectivity index (χ4v) is 6.59. The summed E-state index contributed by atoms with van der Waals surface area (Å²) in [6, 6.07) is 19.1. The molecule has 1 aliphatic heterocycles. The van der Waals surface area contributed by atoms with Crippen molar-refractivity contribution in [1.82, 2.24) is 19.8 Å². The third kappa shape index (κ3) is 13.0.